The fourth-order valence-electron chi connectivity index (χ4n) is 12.6. The standard InChI is InChI=1S/C90H109N9O7/c1-14-20-47-101-75-54-68-69(55-76(75)102-48-21-15-2)86-95-84(68)93-82-66-44-43-65(91-81(100)41-29-28-35-62(9)37-30-36-60(7)33-26-27-34-61(8)38-31-39-63(10)42-45-74-64(11)40-32-46-90(74,12)13)53-67(66)83(92-82)94-85-70-56-77(103-49-22-16-3)78(104-50-23-17-4)57-71(70)87(96-85)98-89-73-59-80(106-52-25-19-6)79(105-51-24-18-5)58-72(73)88(97-86)99-89/h26-31,33-39,41-45,53-59H,14-25,32,40,46-52H2,1-13H3,(H,91,100)(H2,92,93,94,95,96,97,98,99)/b27-26+,35-28+,36-30+,38-31+,41-29+,45-42+,60-33+,61-34+,62-37+,63-39+. The zero-order chi connectivity index (χ0) is 75.0. The van der Waals surface area contributed by atoms with Crippen molar-refractivity contribution in [3.05, 3.63) is 185 Å². The fraction of sp³-hybridized carbons (Fsp3) is 0.389. The van der Waals surface area contributed by atoms with Crippen LogP contribution in [0, 0.1) is 5.41 Å². The lowest BCUT2D eigenvalue weighted by Crippen LogP contribution is -2.19. The normalized spacial score (nSPS) is 14.3. The summed E-state index contributed by atoms with van der Waals surface area (Å²) in [6, 6.07) is 17.5. The molecule has 3 N–H and O–H groups in total. The molecular weight excluding hydrogens is 1320 g/mol. The van der Waals surface area contributed by atoms with E-state index in [0.29, 0.717) is 153 Å². The van der Waals surface area contributed by atoms with Gasteiger partial charge in [-0.05, 0) is 158 Å². The number of hydrogen-bond acceptors (Lipinski definition) is 13. The average molecular weight is 1430 g/mol. The molecule has 3 aromatic heterocycles. The van der Waals surface area contributed by atoms with Crippen LogP contribution < -0.4 is 33.7 Å². The van der Waals surface area contributed by atoms with Crippen LogP contribution in [0.2, 0.25) is 0 Å². The molecule has 3 aliphatic rings. The highest BCUT2D eigenvalue weighted by Crippen LogP contribution is 2.47. The lowest BCUT2D eigenvalue weighted by atomic mass is 9.72. The van der Waals surface area contributed by atoms with E-state index in [9.17, 15) is 4.79 Å². The predicted octanol–water partition coefficient (Wildman–Crippen LogP) is 23.5. The number of aromatic nitrogens is 8. The first kappa shape index (κ1) is 78.2. The van der Waals surface area contributed by atoms with Gasteiger partial charge in [0.2, 0.25) is 5.91 Å². The summed E-state index contributed by atoms with van der Waals surface area (Å²) in [6.45, 7) is 31.2. The highest BCUT2D eigenvalue weighted by molar-refractivity contribution is 6.09. The van der Waals surface area contributed by atoms with Gasteiger partial charge in [0.15, 0.2) is 57.8 Å². The molecule has 16 heteroatoms. The number of ether oxygens (including phenoxy) is 6. The Kier molecular flexibility index (Phi) is 28.5. The number of benzene rings is 4. The van der Waals surface area contributed by atoms with Crippen molar-refractivity contribution in [3.63, 3.8) is 0 Å². The SMILES string of the molecule is CCCCOc1cc2c(cc1OCCCC)-c1nc-2nc2[nH]c(nc3nc(nc4[nH]c(n1)c1cc(OCCCC)c(OCCCC)cc41)-c1cc(OCCCC)c(OCCCC)cc1-3)c1cc(NC(=O)/C=C/C=C/C(C)=C/C=C/C(C)=C/C=C/C=C(C)/C=C/C=C(C)/C=C/C3=C(C)CCCC3(C)C)ccc21. The number of carbonyl (C=O) groups is 1. The van der Waals surface area contributed by atoms with Gasteiger partial charge in [-0.3, -0.25) is 4.79 Å². The van der Waals surface area contributed by atoms with Gasteiger partial charge >= 0.3 is 0 Å². The molecule has 0 saturated heterocycles. The van der Waals surface area contributed by atoms with Crippen molar-refractivity contribution in [1.29, 1.82) is 0 Å². The number of unbranched alkanes of at least 4 members (excludes halogenated alkanes) is 6. The second kappa shape index (κ2) is 38.6. The Hall–Kier alpha value is -10.4. The van der Waals surface area contributed by atoms with Crippen LogP contribution in [0.4, 0.5) is 5.69 Å². The van der Waals surface area contributed by atoms with Crippen molar-refractivity contribution in [2.75, 3.05) is 45.0 Å². The number of amides is 1. The van der Waals surface area contributed by atoms with Gasteiger partial charge in [-0.25, -0.2) is 29.9 Å². The second-order valence-electron chi connectivity index (χ2n) is 28.3. The largest absolute Gasteiger partial charge is 0.490 e. The number of H-pyrrole nitrogens is 2. The van der Waals surface area contributed by atoms with Crippen LogP contribution in [0.25, 0.3) is 89.7 Å². The van der Waals surface area contributed by atoms with Gasteiger partial charge in [0.05, 0.1) is 39.6 Å². The third-order valence-corrected chi connectivity index (χ3v) is 18.9. The first-order chi connectivity index (χ1) is 51.5. The van der Waals surface area contributed by atoms with E-state index in [1.54, 1.807) is 6.08 Å². The Bertz CT molecular complexity index is 4810. The van der Waals surface area contributed by atoms with Crippen molar-refractivity contribution in [2.24, 2.45) is 5.41 Å². The number of nitrogens with zero attached hydrogens (tertiary/aromatic N) is 6. The Morgan fingerprint density at radius 2 is 0.764 bits per heavy atom. The number of nitrogens with one attached hydrogen (secondary N) is 3. The summed E-state index contributed by atoms with van der Waals surface area (Å²) in [7, 11) is 0. The molecule has 0 saturated carbocycles. The summed E-state index contributed by atoms with van der Waals surface area (Å²) in [4.78, 5) is 53.4. The summed E-state index contributed by atoms with van der Waals surface area (Å²) in [6.07, 6.45) is 47.2. The van der Waals surface area contributed by atoms with E-state index in [1.807, 2.05) is 85.8 Å². The van der Waals surface area contributed by atoms with Crippen LogP contribution >= 0.6 is 0 Å². The smallest absolute Gasteiger partial charge is 0.248 e. The average Bonchev–Trinajstić information content (AvgIpc) is 1.59. The van der Waals surface area contributed by atoms with Crippen LogP contribution in [0.15, 0.2) is 185 Å². The molecule has 5 heterocycles. The molecule has 8 bridgehead atoms. The summed E-state index contributed by atoms with van der Waals surface area (Å²) >= 11 is 0. The highest BCUT2D eigenvalue weighted by atomic mass is 16.5. The third-order valence-electron chi connectivity index (χ3n) is 18.9. The first-order valence-corrected chi connectivity index (χ1v) is 38.5. The van der Waals surface area contributed by atoms with Crippen LogP contribution in [0.3, 0.4) is 0 Å². The first-order valence-electron chi connectivity index (χ1n) is 38.5. The molecule has 106 heavy (non-hydrogen) atoms. The number of fused-ring (bicyclic) bond motifs is 20. The molecule has 0 fully saturated rings. The van der Waals surface area contributed by atoms with Crippen molar-refractivity contribution < 1.29 is 33.2 Å². The van der Waals surface area contributed by atoms with Gasteiger partial charge in [-0.15, -0.1) is 0 Å². The van der Waals surface area contributed by atoms with Crippen LogP contribution in [0.5, 0.6) is 34.5 Å². The van der Waals surface area contributed by atoms with Gasteiger partial charge < -0.3 is 43.7 Å². The van der Waals surface area contributed by atoms with Crippen LogP contribution in [-0.2, 0) is 4.79 Å². The molecule has 0 atom stereocenters. The van der Waals surface area contributed by atoms with Gasteiger partial charge in [0.25, 0.3) is 0 Å². The monoisotopic (exact) mass is 1430 g/mol. The molecular formula is C90H109N9O7. The molecule has 7 aromatic rings. The van der Waals surface area contributed by atoms with E-state index in [2.05, 4.69) is 159 Å². The topological polar surface area (TPSA) is 193 Å². The van der Waals surface area contributed by atoms with E-state index in [4.69, 9.17) is 58.3 Å². The molecule has 0 spiro atoms. The minimum absolute atomic E-state index is 0.236. The predicted molar refractivity (Wildman–Crippen MR) is 437 cm³/mol. The molecule has 1 amide bonds. The summed E-state index contributed by atoms with van der Waals surface area (Å²) in [5.74, 6) is 4.79. The fourth-order valence-corrected chi connectivity index (χ4v) is 12.6. The second-order valence-corrected chi connectivity index (χ2v) is 28.3. The van der Waals surface area contributed by atoms with Crippen molar-refractivity contribution in [2.45, 2.75) is 186 Å². The Morgan fingerprint density at radius 1 is 0.425 bits per heavy atom. The summed E-state index contributed by atoms with van der Waals surface area (Å²) < 4.78 is 39.2. The van der Waals surface area contributed by atoms with Gasteiger partial charge in [-0.1, -0.05) is 213 Å². The maximum absolute atomic E-state index is 13.8. The number of anilines is 1. The van der Waals surface area contributed by atoms with Crippen LogP contribution in [-0.4, -0.2) is 85.4 Å². The summed E-state index contributed by atoms with van der Waals surface area (Å²) in [5.41, 5.74) is 13.0. The molecule has 1 aliphatic carbocycles. The van der Waals surface area contributed by atoms with E-state index in [1.165, 1.54) is 47.6 Å². The number of rotatable bonds is 36. The van der Waals surface area contributed by atoms with Crippen molar-refractivity contribution in [3.8, 4) is 80.0 Å². The maximum Gasteiger partial charge on any atom is 0.248 e. The van der Waals surface area contributed by atoms with Crippen molar-refractivity contribution >= 4 is 55.7 Å². The Balaban J connectivity index is 1.01. The molecule has 0 radical (unpaired) electrons. The Morgan fingerprint density at radius 3 is 1.15 bits per heavy atom. The zero-order valence-electron chi connectivity index (χ0n) is 64.8. The highest BCUT2D eigenvalue weighted by Gasteiger charge is 2.29. The zero-order valence-corrected chi connectivity index (χ0v) is 64.8. The van der Waals surface area contributed by atoms with E-state index in [0.717, 1.165) is 104 Å². The molecule has 0 unspecified atom stereocenters. The van der Waals surface area contributed by atoms with Gasteiger partial charge in [0, 0.05) is 55.6 Å². The van der Waals surface area contributed by atoms with E-state index < -0.39 is 0 Å². The maximum atomic E-state index is 13.8. The van der Waals surface area contributed by atoms with Crippen molar-refractivity contribution in [1.82, 2.24) is 39.9 Å². The molecule has 556 valence electrons. The van der Waals surface area contributed by atoms with E-state index in [-0.39, 0.29) is 11.3 Å². The molecule has 16 nitrogen and oxygen atoms in total. The minimum atomic E-state index is -0.312. The van der Waals surface area contributed by atoms with Gasteiger partial charge in [0.1, 0.15) is 22.6 Å². The number of aromatic amines is 2. The third kappa shape index (κ3) is 20.8. The quantitative estimate of drug-likeness (QED) is 0.0191. The van der Waals surface area contributed by atoms with Crippen LogP contribution in [0.1, 0.15) is 186 Å². The number of hydrogen-bond donors (Lipinski definition) is 3. The lowest BCUT2D eigenvalue weighted by Gasteiger charge is -2.32. The van der Waals surface area contributed by atoms with Gasteiger partial charge in [-0.2, -0.15) is 0 Å². The summed E-state index contributed by atoms with van der Waals surface area (Å²) in [5, 5.41) is 5.96. The molecule has 4 aromatic carbocycles. The Labute approximate surface area is 627 Å². The number of allylic oxidation sites excluding steroid dienone is 21. The molecule has 10 rings (SSSR count). The molecule has 2 aliphatic heterocycles. The number of carbonyl (C=O) groups excluding carboxylic acids is 1. The van der Waals surface area contributed by atoms with E-state index >= 15 is 0 Å². The minimum Gasteiger partial charge on any atom is -0.490 e. The lowest BCUT2D eigenvalue weighted by molar-refractivity contribution is -0.111.